The third kappa shape index (κ3) is 6.93. The van der Waals surface area contributed by atoms with Gasteiger partial charge in [-0.1, -0.05) is 31.7 Å². The molecule has 3 aromatic rings. The number of amides is 3. The fraction of sp³-hybridized carbons (Fsp3) is 0.429. The van der Waals surface area contributed by atoms with E-state index in [-0.39, 0.29) is 33.9 Å². The first kappa shape index (κ1) is 29.2. The number of hydrogen-bond donors (Lipinski definition) is 1. The van der Waals surface area contributed by atoms with Gasteiger partial charge in [0.2, 0.25) is 22.9 Å². The summed E-state index contributed by atoms with van der Waals surface area (Å²) in [6, 6.07) is 9.70. The number of ether oxygens (including phenoxy) is 1. The number of carboxylic acid groups (broad SMARTS) is 1. The van der Waals surface area contributed by atoms with E-state index >= 15 is 0 Å². The number of imide groups is 1. The van der Waals surface area contributed by atoms with Gasteiger partial charge in [-0.15, -0.1) is 5.10 Å². The van der Waals surface area contributed by atoms with Gasteiger partial charge in [-0.3, -0.25) is 14.5 Å². The van der Waals surface area contributed by atoms with Crippen LogP contribution in [-0.2, 0) is 16.0 Å². The first-order chi connectivity index (χ1) is 20.1. The Morgan fingerprint density at radius 1 is 1.05 bits per heavy atom. The molecule has 0 bridgehead atoms. The number of likely N-dealkylation sites (tertiary alicyclic amines) is 2. The summed E-state index contributed by atoms with van der Waals surface area (Å²) in [6.07, 6.45) is 3.71. The quantitative estimate of drug-likeness (QED) is 0.382. The summed E-state index contributed by atoms with van der Waals surface area (Å²) in [5.41, 5.74) is 1.37. The van der Waals surface area contributed by atoms with Gasteiger partial charge >= 0.3 is 12.1 Å². The second-order valence-electron chi connectivity index (χ2n) is 11.1. The van der Waals surface area contributed by atoms with Gasteiger partial charge in [-0.05, 0) is 64.9 Å². The van der Waals surface area contributed by atoms with Crippen molar-refractivity contribution < 1.29 is 29.0 Å². The highest BCUT2D eigenvalue weighted by Crippen LogP contribution is 2.32. The number of carbonyl (C=O) groups excluding carboxylic acids is 3. The smallest absolute Gasteiger partial charge is 0.416 e. The average molecular weight is 594 g/mol. The predicted octanol–water partition coefficient (Wildman–Crippen LogP) is 3.23. The van der Waals surface area contributed by atoms with E-state index in [2.05, 4.69) is 20.5 Å². The van der Waals surface area contributed by atoms with Gasteiger partial charge in [0.15, 0.2) is 0 Å². The Morgan fingerprint density at radius 2 is 1.74 bits per heavy atom. The lowest BCUT2D eigenvalue weighted by atomic mass is 9.81. The molecule has 3 amide bonds. The maximum atomic E-state index is 12.7. The van der Waals surface area contributed by atoms with Crippen molar-refractivity contribution in [1.82, 2.24) is 35.0 Å². The number of pyridine rings is 1. The van der Waals surface area contributed by atoms with Gasteiger partial charge in [-0.25, -0.2) is 14.6 Å². The molecule has 42 heavy (non-hydrogen) atoms. The van der Waals surface area contributed by atoms with Gasteiger partial charge in [0, 0.05) is 50.0 Å². The number of thioether (sulfide) groups is 1. The molecule has 0 saturated carbocycles. The molecule has 0 radical (unpaired) electrons. The maximum absolute atomic E-state index is 12.7. The lowest BCUT2D eigenvalue weighted by Crippen LogP contribution is -2.46. The number of benzene rings is 1. The Bertz CT molecular complexity index is 1450. The molecule has 14 heteroatoms. The topological polar surface area (TPSA) is 161 Å². The molecule has 13 nitrogen and oxygen atoms in total. The largest absolute Gasteiger partial charge is 0.478 e. The minimum absolute atomic E-state index is 0.150. The highest BCUT2D eigenvalue weighted by molar-refractivity contribution is 7.99. The lowest BCUT2D eigenvalue weighted by molar-refractivity contribution is -0.152. The molecule has 2 saturated heterocycles. The van der Waals surface area contributed by atoms with Crippen LogP contribution in [0.4, 0.5) is 4.79 Å². The summed E-state index contributed by atoms with van der Waals surface area (Å²) in [7, 11) is 0. The molecule has 4 heterocycles. The van der Waals surface area contributed by atoms with Crippen molar-refractivity contribution in [2.75, 3.05) is 19.6 Å². The Labute approximate surface area is 246 Å². The Balaban J connectivity index is 1.08. The number of carboxylic acids is 1. The van der Waals surface area contributed by atoms with Crippen molar-refractivity contribution in [3.05, 3.63) is 53.7 Å². The first-order valence-electron chi connectivity index (χ1n) is 13.6. The van der Waals surface area contributed by atoms with Gasteiger partial charge in [0.1, 0.15) is 0 Å². The molecule has 2 aliphatic heterocycles. The zero-order valence-electron chi connectivity index (χ0n) is 23.3. The molecular weight excluding hydrogens is 562 g/mol. The highest BCUT2D eigenvalue weighted by atomic mass is 32.2. The Hall–Kier alpha value is -4.33. The summed E-state index contributed by atoms with van der Waals surface area (Å²) < 4.78 is 7.04. The van der Waals surface area contributed by atoms with Crippen molar-refractivity contribution in [3.63, 3.8) is 0 Å². The first-order valence-corrected chi connectivity index (χ1v) is 14.5. The lowest BCUT2D eigenvalue weighted by Gasteiger charge is -2.34. The van der Waals surface area contributed by atoms with Crippen LogP contribution in [0.1, 0.15) is 55.5 Å². The Kier molecular flexibility index (Phi) is 8.52. The molecule has 1 aromatic carbocycles. The van der Waals surface area contributed by atoms with Crippen LogP contribution in [0, 0.1) is 5.41 Å². The van der Waals surface area contributed by atoms with Gasteiger partial charge in [-0.2, -0.15) is 4.68 Å². The van der Waals surface area contributed by atoms with Crippen LogP contribution in [0.25, 0.3) is 5.69 Å². The van der Waals surface area contributed by atoms with Crippen molar-refractivity contribution in [3.8, 4) is 11.6 Å². The number of tetrazole rings is 1. The standard InChI is InChI=1S/C28H31N7O6S/c1-28(2)15-23(36)34(24(37)16-28)14-9-18-3-8-22(29-17-18)41-27(40)33-12-10-21(11-13-33)42-26-30-31-32-35(26)20-6-4-19(5-7-20)25(38)39/h3-8,17,21H,9-16H2,1-2H3,(H,38,39). The molecule has 5 rings (SSSR count). The normalized spacial score (nSPS) is 17.4. The summed E-state index contributed by atoms with van der Waals surface area (Å²) in [5.74, 6) is -1.12. The van der Waals surface area contributed by atoms with Gasteiger partial charge in [0.25, 0.3) is 0 Å². The Morgan fingerprint density at radius 3 is 2.36 bits per heavy atom. The molecular formula is C28H31N7O6S. The number of carbonyl (C=O) groups is 4. The van der Waals surface area contributed by atoms with Crippen molar-refractivity contribution in [2.24, 2.45) is 5.41 Å². The molecule has 1 N–H and O–H groups in total. The molecule has 0 atom stereocenters. The SMILES string of the molecule is CC1(C)CC(=O)N(CCc2ccc(OC(=O)N3CCC(Sc4nnnn4-c4ccc(C(=O)O)cc4)CC3)nc2)C(=O)C1. The molecule has 0 spiro atoms. The van der Waals surface area contributed by atoms with Crippen LogP contribution < -0.4 is 4.74 Å². The van der Waals surface area contributed by atoms with Crippen LogP contribution in [0.3, 0.4) is 0 Å². The van der Waals surface area contributed by atoms with Crippen LogP contribution in [-0.4, -0.2) is 88.9 Å². The van der Waals surface area contributed by atoms with E-state index in [0.717, 1.165) is 5.56 Å². The molecule has 220 valence electrons. The van der Waals surface area contributed by atoms with Crippen molar-refractivity contribution in [2.45, 2.75) is 56.4 Å². The van der Waals surface area contributed by atoms with E-state index in [1.54, 1.807) is 40.0 Å². The van der Waals surface area contributed by atoms with E-state index in [4.69, 9.17) is 9.84 Å². The van der Waals surface area contributed by atoms with E-state index in [0.29, 0.717) is 62.6 Å². The van der Waals surface area contributed by atoms with E-state index in [9.17, 15) is 19.2 Å². The number of aromatic carboxylic acids is 1. The molecule has 0 unspecified atom stereocenters. The second-order valence-corrected chi connectivity index (χ2v) is 12.4. The highest BCUT2D eigenvalue weighted by Gasteiger charge is 2.37. The van der Waals surface area contributed by atoms with Crippen molar-refractivity contribution >= 4 is 35.6 Å². The van der Waals surface area contributed by atoms with E-state index in [1.165, 1.54) is 28.8 Å². The zero-order valence-corrected chi connectivity index (χ0v) is 24.1. The molecule has 2 fully saturated rings. The number of piperidine rings is 2. The summed E-state index contributed by atoms with van der Waals surface area (Å²) in [6.45, 7) is 5.14. The minimum Gasteiger partial charge on any atom is -0.478 e. The average Bonchev–Trinajstić information content (AvgIpc) is 3.41. The van der Waals surface area contributed by atoms with Gasteiger partial charge in [0.05, 0.1) is 11.3 Å². The molecule has 2 aliphatic rings. The van der Waals surface area contributed by atoms with Crippen LogP contribution in [0.15, 0.2) is 47.8 Å². The summed E-state index contributed by atoms with van der Waals surface area (Å²) in [4.78, 5) is 55.8. The van der Waals surface area contributed by atoms with Crippen LogP contribution >= 0.6 is 11.8 Å². The summed E-state index contributed by atoms with van der Waals surface area (Å²) in [5, 5.41) is 21.8. The number of aromatic nitrogens is 5. The summed E-state index contributed by atoms with van der Waals surface area (Å²) >= 11 is 1.51. The third-order valence-corrected chi connectivity index (χ3v) is 8.52. The number of rotatable bonds is 8. The molecule has 0 aliphatic carbocycles. The predicted molar refractivity (Wildman–Crippen MR) is 150 cm³/mol. The fourth-order valence-corrected chi connectivity index (χ4v) is 6.01. The monoisotopic (exact) mass is 593 g/mol. The minimum atomic E-state index is -1.00. The van der Waals surface area contributed by atoms with E-state index in [1.807, 2.05) is 13.8 Å². The number of hydrogen-bond acceptors (Lipinski definition) is 10. The zero-order chi connectivity index (χ0) is 29.9. The number of nitrogens with zero attached hydrogens (tertiary/aromatic N) is 7. The third-order valence-electron chi connectivity index (χ3n) is 7.25. The van der Waals surface area contributed by atoms with Crippen LogP contribution in [0.2, 0.25) is 0 Å². The van der Waals surface area contributed by atoms with Crippen molar-refractivity contribution in [1.29, 1.82) is 0 Å². The van der Waals surface area contributed by atoms with Crippen LogP contribution in [0.5, 0.6) is 5.88 Å². The molecule has 2 aromatic heterocycles. The van der Waals surface area contributed by atoms with E-state index < -0.39 is 12.1 Å². The fourth-order valence-electron chi connectivity index (χ4n) is 4.94. The maximum Gasteiger partial charge on any atom is 0.416 e. The van der Waals surface area contributed by atoms with Gasteiger partial charge < -0.3 is 14.7 Å². The second kappa shape index (κ2) is 12.3.